The predicted octanol–water partition coefficient (Wildman–Crippen LogP) is 1.57. The Morgan fingerprint density at radius 2 is 2.40 bits per heavy atom. The summed E-state index contributed by atoms with van der Waals surface area (Å²) < 4.78 is 5.44. The van der Waals surface area contributed by atoms with Crippen molar-refractivity contribution >= 4 is 11.5 Å². The number of aromatic nitrogens is 1. The molecule has 1 heterocycles. The second-order valence-electron chi connectivity index (χ2n) is 3.33. The first-order valence-corrected chi connectivity index (χ1v) is 4.70. The normalized spacial score (nSPS) is 14.7. The molecule has 6 heteroatoms. The fourth-order valence-electron chi connectivity index (χ4n) is 1.26. The van der Waals surface area contributed by atoms with Crippen LogP contribution in [0.4, 0.5) is 11.5 Å². The van der Waals surface area contributed by atoms with Crippen molar-refractivity contribution < 1.29 is 9.66 Å². The van der Waals surface area contributed by atoms with Crippen molar-refractivity contribution in [2.24, 2.45) is 0 Å². The second-order valence-corrected chi connectivity index (χ2v) is 3.33. The lowest BCUT2D eigenvalue weighted by atomic mass is 10.3. The molecule has 1 N–H and O–H groups in total. The molecule has 0 amide bonds. The molecule has 0 bridgehead atoms. The van der Waals surface area contributed by atoms with Crippen molar-refractivity contribution in [3.05, 3.63) is 22.4 Å². The van der Waals surface area contributed by atoms with E-state index in [0.29, 0.717) is 5.75 Å². The van der Waals surface area contributed by atoms with Gasteiger partial charge in [0.1, 0.15) is 0 Å². The number of nitrogens with zero attached hydrogens (tertiary/aromatic N) is 2. The van der Waals surface area contributed by atoms with Crippen LogP contribution in [0.15, 0.2) is 12.3 Å². The lowest BCUT2D eigenvalue weighted by Crippen LogP contribution is -2.04. The van der Waals surface area contributed by atoms with Gasteiger partial charge in [-0.05, 0) is 12.8 Å². The minimum absolute atomic E-state index is 0.0908. The molecule has 2 rings (SSSR count). The lowest BCUT2D eigenvalue weighted by Gasteiger charge is -2.07. The third-order valence-corrected chi connectivity index (χ3v) is 2.12. The van der Waals surface area contributed by atoms with Gasteiger partial charge >= 0.3 is 5.69 Å². The molecule has 80 valence electrons. The SMILES string of the molecule is CNc1nccc(OC2CC2)c1[N+](=O)[O-]. The van der Waals surface area contributed by atoms with Crippen molar-refractivity contribution in [2.75, 3.05) is 12.4 Å². The summed E-state index contributed by atoms with van der Waals surface area (Å²) in [6, 6.07) is 1.53. The van der Waals surface area contributed by atoms with Crippen LogP contribution in [0.3, 0.4) is 0 Å². The van der Waals surface area contributed by atoms with Crippen molar-refractivity contribution in [3.8, 4) is 5.75 Å². The summed E-state index contributed by atoms with van der Waals surface area (Å²) in [6.45, 7) is 0. The lowest BCUT2D eigenvalue weighted by molar-refractivity contribution is -0.385. The van der Waals surface area contributed by atoms with Crippen LogP contribution >= 0.6 is 0 Å². The van der Waals surface area contributed by atoms with Gasteiger partial charge in [-0.1, -0.05) is 0 Å². The highest BCUT2D eigenvalue weighted by molar-refractivity contribution is 5.63. The Labute approximate surface area is 86.4 Å². The second kappa shape index (κ2) is 3.72. The maximum Gasteiger partial charge on any atom is 0.352 e. The van der Waals surface area contributed by atoms with Gasteiger partial charge in [0.15, 0.2) is 0 Å². The smallest absolute Gasteiger partial charge is 0.352 e. The van der Waals surface area contributed by atoms with E-state index in [-0.39, 0.29) is 17.6 Å². The highest BCUT2D eigenvalue weighted by Gasteiger charge is 2.29. The molecule has 1 fully saturated rings. The first-order valence-electron chi connectivity index (χ1n) is 4.70. The number of rotatable bonds is 4. The molecule has 0 radical (unpaired) electrons. The van der Waals surface area contributed by atoms with E-state index in [1.807, 2.05) is 0 Å². The van der Waals surface area contributed by atoms with Gasteiger partial charge in [-0.2, -0.15) is 0 Å². The van der Waals surface area contributed by atoms with Crippen LogP contribution in [-0.2, 0) is 0 Å². The van der Waals surface area contributed by atoms with Crippen molar-refractivity contribution in [2.45, 2.75) is 18.9 Å². The van der Waals surface area contributed by atoms with E-state index in [4.69, 9.17) is 4.74 Å². The Kier molecular flexibility index (Phi) is 2.40. The van der Waals surface area contributed by atoms with Crippen LogP contribution in [-0.4, -0.2) is 23.1 Å². The third kappa shape index (κ3) is 1.98. The summed E-state index contributed by atoms with van der Waals surface area (Å²) in [7, 11) is 1.59. The number of anilines is 1. The zero-order chi connectivity index (χ0) is 10.8. The molecule has 0 aromatic carbocycles. The maximum absolute atomic E-state index is 10.8. The Morgan fingerprint density at radius 3 is 2.93 bits per heavy atom. The number of hydrogen-bond acceptors (Lipinski definition) is 5. The van der Waals surface area contributed by atoms with E-state index < -0.39 is 4.92 Å². The predicted molar refractivity (Wildman–Crippen MR) is 54.1 cm³/mol. The average molecular weight is 209 g/mol. The average Bonchev–Trinajstić information content (AvgIpc) is 3.01. The van der Waals surface area contributed by atoms with Gasteiger partial charge in [0, 0.05) is 19.3 Å². The highest BCUT2D eigenvalue weighted by atomic mass is 16.6. The number of nitro groups is 1. The van der Waals surface area contributed by atoms with E-state index in [1.165, 1.54) is 12.3 Å². The van der Waals surface area contributed by atoms with Crippen molar-refractivity contribution in [1.82, 2.24) is 4.98 Å². The molecule has 1 aliphatic carbocycles. The van der Waals surface area contributed by atoms with Crippen LogP contribution in [0.2, 0.25) is 0 Å². The molecule has 1 aliphatic rings. The first-order chi connectivity index (χ1) is 7.22. The molecular weight excluding hydrogens is 198 g/mol. The van der Waals surface area contributed by atoms with Crippen LogP contribution in [0.25, 0.3) is 0 Å². The highest BCUT2D eigenvalue weighted by Crippen LogP contribution is 2.36. The topological polar surface area (TPSA) is 77.3 Å². The molecule has 1 aromatic rings. The van der Waals surface area contributed by atoms with E-state index in [1.54, 1.807) is 7.05 Å². The quantitative estimate of drug-likeness (QED) is 0.601. The molecule has 1 saturated carbocycles. The van der Waals surface area contributed by atoms with Gasteiger partial charge in [0.2, 0.25) is 11.6 Å². The van der Waals surface area contributed by atoms with Crippen LogP contribution < -0.4 is 10.1 Å². The number of ether oxygens (including phenoxy) is 1. The zero-order valence-electron chi connectivity index (χ0n) is 8.27. The molecule has 0 spiro atoms. The summed E-state index contributed by atoms with van der Waals surface area (Å²) in [5.41, 5.74) is -0.0908. The molecule has 0 saturated heterocycles. The van der Waals surface area contributed by atoms with Gasteiger partial charge in [-0.15, -0.1) is 0 Å². The molecule has 6 nitrogen and oxygen atoms in total. The van der Waals surface area contributed by atoms with Crippen molar-refractivity contribution in [1.29, 1.82) is 0 Å². The van der Waals surface area contributed by atoms with Gasteiger partial charge in [0.25, 0.3) is 0 Å². The van der Waals surface area contributed by atoms with Gasteiger partial charge in [0.05, 0.1) is 11.0 Å². The van der Waals surface area contributed by atoms with E-state index in [0.717, 1.165) is 12.8 Å². The van der Waals surface area contributed by atoms with Gasteiger partial charge in [-0.3, -0.25) is 10.1 Å². The van der Waals surface area contributed by atoms with Gasteiger partial charge < -0.3 is 10.1 Å². The van der Waals surface area contributed by atoms with Crippen LogP contribution in [0.5, 0.6) is 5.75 Å². The molecule has 15 heavy (non-hydrogen) atoms. The van der Waals surface area contributed by atoms with E-state index in [9.17, 15) is 10.1 Å². The molecule has 0 unspecified atom stereocenters. The Morgan fingerprint density at radius 1 is 1.67 bits per heavy atom. The largest absolute Gasteiger partial charge is 0.483 e. The summed E-state index contributed by atoms with van der Waals surface area (Å²) in [5.74, 6) is 0.528. The van der Waals surface area contributed by atoms with Crippen LogP contribution in [0, 0.1) is 10.1 Å². The minimum atomic E-state index is -0.476. The fraction of sp³-hybridized carbons (Fsp3) is 0.444. The Hall–Kier alpha value is -1.85. The summed E-state index contributed by atoms with van der Waals surface area (Å²) in [5, 5.41) is 13.5. The zero-order valence-corrected chi connectivity index (χ0v) is 8.27. The standard InChI is InChI=1S/C9H11N3O3/c1-10-9-8(12(13)14)7(4-5-11-9)15-6-2-3-6/h4-6H,2-3H2,1H3,(H,10,11). The molecule has 0 aliphatic heterocycles. The Bertz CT molecular complexity index is 390. The van der Waals surface area contributed by atoms with Gasteiger partial charge in [-0.25, -0.2) is 4.98 Å². The molecule has 1 aromatic heterocycles. The van der Waals surface area contributed by atoms with Crippen molar-refractivity contribution in [3.63, 3.8) is 0 Å². The fourth-order valence-corrected chi connectivity index (χ4v) is 1.26. The molecule has 0 atom stereocenters. The maximum atomic E-state index is 10.8. The van der Waals surface area contributed by atoms with E-state index in [2.05, 4.69) is 10.3 Å². The first kappa shape index (κ1) is 9.70. The molecular formula is C9H11N3O3. The number of nitrogens with one attached hydrogen (secondary N) is 1. The Balaban J connectivity index is 2.37. The number of pyridine rings is 1. The summed E-state index contributed by atoms with van der Waals surface area (Å²) in [6.07, 6.45) is 3.56. The van der Waals surface area contributed by atoms with Crippen LogP contribution in [0.1, 0.15) is 12.8 Å². The third-order valence-electron chi connectivity index (χ3n) is 2.12. The summed E-state index contributed by atoms with van der Waals surface area (Å²) in [4.78, 5) is 14.2. The monoisotopic (exact) mass is 209 g/mol. The number of hydrogen-bond donors (Lipinski definition) is 1. The summed E-state index contributed by atoms with van der Waals surface area (Å²) >= 11 is 0. The minimum Gasteiger partial charge on any atom is -0.483 e. The van der Waals surface area contributed by atoms with E-state index >= 15 is 0 Å².